The van der Waals surface area contributed by atoms with Crippen LogP contribution in [0.4, 0.5) is 5.82 Å². The summed E-state index contributed by atoms with van der Waals surface area (Å²) in [5.41, 5.74) is 3.05. The molecular formula is C20H18N4O3. The van der Waals surface area contributed by atoms with Gasteiger partial charge in [0.15, 0.2) is 5.82 Å². The van der Waals surface area contributed by atoms with Crippen molar-refractivity contribution in [1.82, 2.24) is 14.5 Å². The zero-order valence-corrected chi connectivity index (χ0v) is 15.0. The van der Waals surface area contributed by atoms with Gasteiger partial charge in [0.1, 0.15) is 23.8 Å². The maximum absolute atomic E-state index is 12.4. The molecule has 7 nitrogen and oxygen atoms in total. The first-order valence-corrected chi connectivity index (χ1v) is 8.50. The second kappa shape index (κ2) is 6.95. The largest absolute Gasteiger partial charge is 0.489 e. The van der Waals surface area contributed by atoms with E-state index in [0.717, 1.165) is 22.7 Å². The van der Waals surface area contributed by atoms with Gasteiger partial charge >= 0.3 is 0 Å². The number of nitrogens with one attached hydrogen (secondary N) is 1. The molecule has 0 fully saturated rings. The van der Waals surface area contributed by atoms with Crippen LogP contribution in [0.15, 0.2) is 59.4 Å². The van der Waals surface area contributed by atoms with Crippen molar-refractivity contribution in [1.29, 1.82) is 0 Å². The van der Waals surface area contributed by atoms with E-state index in [1.54, 1.807) is 30.5 Å². The first-order chi connectivity index (χ1) is 13.1. The zero-order chi connectivity index (χ0) is 18.8. The van der Waals surface area contributed by atoms with Crippen LogP contribution < -0.4 is 10.1 Å². The monoisotopic (exact) mass is 362 g/mol. The molecule has 4 aromatic rings. The van der Waals surface area contributed by atoms with Gasteiger partial charge in [0.05, 0.1) is 17.5 Å². The van der Waals surface area contributed by atoms with Gasteiger partial charge in [-0.15, -0.1) is 0 Å². The van der Waals surface area contributed by atoms with Gasteiger partial charge < -0.3 is 19.0 Å². The zero-order valence-electron chi connectivity index (χ0n) is 15.0. The third kappa shape index (κ3) is 3.52. The van der Waals surface area contributed by atoms with Crippen molar-refractivity contribution in [2.75, 3.05) is 5.32 Å². The molecule has 4 rings (SSSR count). The molecule has 0 aliphatic rings. The summed E-state index contributed by atoms with van der Waals surface area (Å²) < 4.78 is 12.7. The number of pyridine rings is 1. The molecule has 0 bridgehead atoms. The number of amides is 1. The number of anilines is 1. The van der Waals surface area contributed by atoms with Crippen molar-refractivity contribution in [2.45, 2.75) is 20.5 Å². The van der Waals surface area contributed by atoms with Crippen LogP contribution in [-0.4, -0.2) is 20.4 Å². The minimum atomic E-state index is -0.226. The van der Waals surface area contributed by atoms with Gasteiger partial charge in [-0.05, 0) is 50.2 Å². The van der Waals surface area contributed by atoms with E-state index in [4.69, 9.17) is 9.26 Å². The number of ether oxygens (including phenoxy) is 1. The molecule has 136 valence electrons. The Morgan fingerprint density at radius 2 is 2.00 bits per heavy atom. The van der Waals surface area contributed by atoms with Crippen molar-refractivity contribution in [3.05, 3.63) is 77.4 Å². The van der Waals surface area contributed by atoms with E-state index >= 15 is 0 Å². The molecule has 0 aliphatic carbocycles. The van der Waals surface area contributed by atoms with Crippen LogP contribution in [0.5, 0.6) is 5.75 Å². The van der Waals surface area contributed by atoms with Gasteiger partial charge in [-0.2, -0.15) is 0 Å². The summed E-state index contributed by atoms with van der Waals surface area (Å²) in [6.07, 6.45) is 3.65. The average molecular weight is 362 g/mol. The summed E-state index contributed by atoms with van der Waals surface area (Å²) in [6.45, 7) is 4.10. The van der Waals surface area contributed by atoms with Crippen LogP contribution >= 0.6 is 0 Å². The summed E-state index contributed by atoms with van der Waals surface area (Å²) in [6, 6.07) is 12.6. The fraction of sp³-hybridized carbons (Fsp3) is 0.150. The van der Waals surface area contributed by atoms with E-state index in [1.165, 1.54) is 0 Å². The number of fused-ring (bicyclic) bond motifs is 1. The van der Waals surface area contributed by atoms with Crippen LogP contribution in [0.3, 0.4) is 0 Å². The van der Waals surface area contributed by atoms with Crippen molar-refractivity contribution in [2.24, 2.45) is 0 Å². The van der Waals surface area contributed by atoms with Gasteiger partial charge in [0.25, 0.3) is 5.91 Å². The fourth-order valence-corrected chi connectivity index (χ4v) is 2.75. The number of aryl methyl sites for hydroxylation is 2. The van der Waals surface area contributed by atoms with Crippen LogP contribution in [0.1, 0.15) is 27.4 Å². The topological polar surface area (TPSA) is 81.7 Å². The molecule has 3 heterocycles. The molecule has 27 heavy (non-hydrogen) atoms. The number of carbonyl (C=O) groups is 1. The molecule has 1 amide bonds. The Morgan fingerprint density at radius 1 is 1.19 bits per heavy atom. The number of hydrogen-bond acceptors (Lipinski definition) is 5. The first kappa shape index (κ1) is 16.8. The van der Waals surface area contributed by atoms with Crippen molar-refractivity contribution < 1.29 is 14.1 Å². The van der Waals surface area contributed by atoms with Gasteiger partial charge in [-0.25, -0.2) is 4.98 Å². The molecular weight excluding hydrogens is 344 g/mol. The molecule has 0 unspecified atom stereocenters. The third-order valence-corrected chi connectivity index (χ3v) is 4.29. The maximum Gasteiger partial charge on any atom is 0.256 e. The van der Waals surface area contributed by atoms with Crippen molar-refractivity contribution >= 4 is 17.4 Å². The molecule has 0 saturated heterocycles. The predicted molar refractivity (Wildman–Crippen MR) is 99.9 cm³/mol. The molecule has 0 radical (unpaired) electrons. The minimum absolute atomic E-state index is 0.226. The number of benzene rings is 1. The number of aromatic nitrogens is 3. The number of rotatable bonds is 5. The Balaban J connectivity index is 1.41. The Bertz CT molecular complexity index is 1040. The highest BCUT2D eigenvalue weighted by Gasteiger charge is 2.11. The second-order valence-corrected chi connectivity index (χ2v) is 6.16. The highest BCUT2D eigenvalue weighted by Crippen LogP contribution is 2.18. The van der Waals surface area contributed by atoms with Crippen LogP contribution in [0, 0.1) is 13.8 Å². The Labute approximate surface area is 155 Å². The summed E-state index contributed by atoms with van der Waals surface area (Å²) in [7, 11) is 0. The lowest BCUT2D eigenvalue weighted by Crippen LogP contribution is -2.12. The van der Waals surface area contributed by atoms with Crippen LogP contribution in [0.25, 0.3) is 5.65 Å². The standard InChI is InChI=1S/C20H18N4O3/c1-13-17(14(2)27-23-13)12-26-16-8-6-15(7-9-16)20(25)22-18-11-24-10-4-3-5-19(24)21-18/h3-11H,12H2,1-2H3,(H,22,25). The van der Waals surface area contributed by atoms with Gasteiger partial charge in [-0.3, -0.25) is 4.79 Å². The molecule has 1 aromatic carbocycles. The number of hydrogen-bond donors (Lipinski definition) is 1. The summed E-state index contributed by atoms with van der Waals surface area (Å²) >= 11 is 0. The lowest BCUT2D eigenvalue weighted by molar-refractivity contribution is 0.102. The van der Waals surface area contributed by atoms with E-state index in [2.05, 4.69) is 15.5 Å². The summed E-state index contributed by atoms with van der Waals surface area (Å²) in [5.74, 6) is 1.69. The lowest BCUT2D eigenvalue weighted by Gasteiger charge is -2.07. The number of nitrogens with zero attached hydrogens (tertiary/aromatic N) is 3. The highest BCUT2D eigenvalue weighted by molar-refractivity contribution is 6.03. The Kier molecular flexibility index (Phi) is 4.33. The van der Waals surface area contributed by atoms with Gasteiger partial charge in [-0.1, -0.05) is 11.2 Å². The van der Waals surface area contributed by atoms with Crippen molar-refractivity contribution in [3.63, 3.8) is 0 Å². The number of imidazole rings is 1. The lowest BCUT2D eigenvalue weighted by atomic mass is 10.2. The smallest absolute Gasteiger partial charge is 0.256 e. The maximum atomic E-state index is 12.4. The van der Waals surface area contributed by atoms with E-state index in [-0.39, 0.29) is 5.91 Å². The normalized spacial score (nSPS) is 10.9. The molecule has 0 aliphatic heterocycles. The van der Waals surface area contributed by atoms with E-state index in [0.29, 0.717) is 23.7 Å². The molecule has 0 spiro atoms. The van der Waals surface area contributed by atoms with E-state index in [9.17, 15) is 4.79 Å². The summed E-state index contributed by atoms with van der Waals surface area (Å²) in [4.78, 5) is 16.8. The SMILES string of the molecule is Cc1noc(C)c1COc1ccc(C(=O)Nc2cn3ccccc3n2)cc1. The quantitative estimate of drug-likeness (QED) is 0.584. The summed E-state index contributed by atoms with van der Waals surface area (Å²) in [5, 5.41) is 6.71. The van der Waals surface area contributed by atoms with E-state index in [1.807, 2.05) is 42.6 Å². The molecule has 1 N–H and O–H groups in total. The molecule has 0 atom stereocenters. The predicted octanol–water partition coefficient (Wildman–Crippen LogP) is 3.77. The Hall–Kier alpha value is -3.61. The van der Waals surface area contributed by atoms with Gasteiger partial charge in [0, 0.05) is 11.8 Å². The van der Waals surface area contributed by atoms with E-state index < -0.39 is 0 Å². The third-order valence-electron chi connectivity index (χ3n) is 4.29. The second-order valence-electron chi connectivity index (χ2n) is 6.16. The highest BCUT2D eigenvalue weighted by atomic mass is 16.5. The Morgan fingerprint density at radius 3 is 2.70 bits per heavy atom. The first-order valence-electron chi connectivity index (χ1n) is 8.50. The average Bonchev–Trinajstić information content (AvgIpc) is 3.23. The fourth-order valence-electron chi connectivity index (χ4n) is 2.75. The molecule has 7 heteroatoms. The van der Waals surface area contributed by atoms with Crippen LogP contribution in [-0.2, 0) is 6.61 Å². The number of carbonyl (C=O) groups excluding carboxylic acids is 1. The minimum Gasteiger partial charge on any atom is -0.489 e. The van der Waals surface area contributed by atoms with Gasteiger partial charge in [0.2, 0.25) is 0 Å². The molecule has 3 aromatic heterocycles. The van der Waals surface area contributed by atoms with Crippen LogP contribution in [0.2, 0.25) is 0 Å². The van der Waals surface area contributed by atoms with Crippen molar-refractivity contribution in [3.8, 4) is 5.75 Å². The molecule has 0 saturated carbocycles.